The molecule has 0 unspecified atom stereocenters. The van der Waals surface area contributed by atoms with Crippen LogP contribution in [0.25, 0.3) is 0 Å². The van der Waals surface area contributed by atoms with E-state index in [9.17, 15) is 0 Å². The molecule has 0 N–H and O–H groups in total. The van der Waals surface area contributed by atoms with E-state index in [2.05, 4.69) is 20.0 Å². The maximum atomic E-state index is 4.66. The Balaban J connectivity index is 2.25. The molecule has 0 aromatic heterocycles. The lowest BCUT2D eigenvalue weighted by Gasteiger charge is -2.05. The van der Waals surface area contributed by atoms with E-state index in [1.807, 2.05) is 39.8 Å². The van der Waals surface area contributed by atoms with Crippen molar-refractivity contribution in [2.45, 2.75) is 40.5 Å². The number of hydrogen-bond donors (Lipinski definition) is 0. The Hall–Kier alpha value is -2.10. The van der Waals surface area contributed by atoms with Gasteiger partial charge >= 0.3 is 0 Å². The van der Waals surface area contributed by atoms with Gasteiger partial charge in [0.25, 0.3) is 0 Å². The van der Waals surface area contributed by atoms with Gasteiger partial charge in [0, 0.05) is 35.7 Å². The van der Waals surface area contributed by atoms with Crippen LogP contribution >= 0.6 is 0 Å². The number of fused-ring (bicyclic) bond motifs is 2. The summed E-state index contributed by atoms with van der Waals surface area (Å²) < 4.78 is 0. The molecule has 0 aliphatic carbocycles. The Bertz CT molecular complexity index is 589. The molecule has 2 aliphatic rings. The van der Waals surface area contributed by atoms with Crippen LogP contribution in [0.1, 0.15) is 40.5 Å². The van der Waals surface area contributed by atoms with E-state index in [0.717, 1.165) is 58.4 Å². The van der Waals surface area contributed by atoms with E-state index in [-0.39, 0.29) is 0 Å². The normalized spacial score (nSPS) is 17.8. The van der Waals surface area contributed by atoms with Crippen LogP contribution in [0.2, 0.25) is 0 Å². The van der Waals surface area contributed by atoms with E-state index < -0.39 is 0 Å². The number of rotatable bonds is 0. The summed E-state index contributed by atoms with van der Waals surface area (Å²) in [5.41, 5.74) is 7.90. The Morgan fingerprint density at radius 2 is 0.800 bits per heavy atom. The number of benzene rings is 1. The van der Waals surface area contributed by atoms with Crippen molar-refractivity contribution >= 4 is 45.6 Å². The van der Waals surface area contributed by atoms with Crippen LogP contribution < -0.4 is 0 Å². The van der Waals surface area contributed by atoms with E-state index >= 15 is 0 Å². The first-order chi connectivity index (χ1) is 9.51. The smallest absolute Gasteiger partial charge is 0.0908 e. The molecular formula is C16H18N4. The fourth-order valence-corrected chi connectivity index (χ4v) is 2.63. The molecule has 20 heavy (non-hydrogen) atoms. The van der Waals surface area contributed by atoms with Crippen molar-refractivity contribution in [1.29, 1.82) is 0 Å². The lowest BCUT2D eigenvalue weighted by Crippen LogP contribution is -1.97. The Labute approximate surface area is 119 Å². The third-order valence-corrected chi connectivity index (χ3v) is 3.34. The van der Waals surface area contributed by atoms with Crippen LogP contribution in [0, 0.1) is 0 Å². The van der Waals surface area contributed by atoms with Crippen molar-refractivity contribution in [3.05, 3.63) is 12.1 Å². The van der Waals surface area contributed by atoms with Crippen molar-refractivity contribution in [2.24, 2.45) is 20.0 Å². The molecule has 0 amide bonds. The van der Waals surface area contributed by atoms with Crippen LogP contribution in [0.4, 0.5) is 22.7 Å². The van der Waals surface area contributed by atoms with Gasteiger partial charge in [0.05, 0.1) is 22.7 Å². The summed E-state index contributed by atoms with van der Waals surface area (Å²) in [6.07, 6.45) is 1.65. The standard InChI is InChI=1S/C16H18N4/c1-9-5-10(2)18-14-8-16-15(7-13(14)17-9)19-11(3)6-12(4)20-16/h7-8H,5-6H2,1-4H3. The maximum absolute atomic E-state index is 4.66. The van der Waals surface area contributed by atoms with Gasteiger partial charge in [-0.25, -0.2) is 0 Å². The predicted molar refractivity (Wildman–Crippen MR) is 86.8 cm³/mol. The van der Waals surface area contributed by atoms with E-state index in [4.69, 9.17) is 0 Å². The first-order valence-corrected chi connectivity index (χ1v) is 6.86. The number of nitrogens with zero attached hydrogens (tertiary/aromatic N) is 4. The minimum absolute atomic E-state index is 0.823. The lowest BCUT2D eigenvalue weighted by atomic mass is 10.2. The van der Waals surface area contributed by atoms with Gasteiger partial charge in [0.1, 0.15) is 0 Å². The fraction of sp³-hybridized carbons (Fsp3) is 0.375. The zero-order valence-corrected chi connectivity index (χ0v) is 12.4. The Kier molecular flexibility index (Phi) is 3.08. The minimum atomic E-state index is 0.823. The number of aliphatic imine (C=N–C) groups is 4. The largest absolute Gasteiger partial charge is 0.255 e. The summed E-state index contributed by atoms with van der Waals surface area (Å²) in [6.45, 7) is 8.15. The molecule has 3 rings (SSSR count). The minimum Gasteiger partial charge on any atom is -0.255 e. The highest BCUT2D eigenvalue weighted by atomic mass is 14.9. The van der Waals surface area contributed by atoms with Gasteiger partial charge in [-0.2, -0.15) is 0 Å². The average molecular weight is 266 g/mol. The highest BCUT2D eigenvalue weighted by molar-refractivity contribution is 6.09. The van der Waals surface area contributed by atoms with Crippen molar-refractivity contribution in [3.63, 3.8) is 0 Å². The molecule has 2 aliphatic heterocycles. The molecule has 4 heteroatoms. The summed E-state index contributed by atoms with van der Waals surface area (Å²) in [6, 6.07) is 4.00. The van der Waals surface area contributed by atoms with Gasteiger partial charge < -0.3 is 0 Å². The van der Waals surface area contributed by atoms with Gasteiger partial charge in [-0.3, -0.25) is 20.0 Å². The van der Waals surface area contributed by atoms with Gasteiger partial charge in [-0.05, 0) is 39.8 Å². The third kappa shape index (κ3) is 2.46. The fourth-order valence-electron chi connectivity index (χ4n) is 2.63. The lowest BCUT2D eigenvalue weighted by molar-refractivity contribution is 1.39. The number of hydrogen-bond acceptors (Lipinski definition) is 4. The monoisotopic (exact) mass is 266 g/mol. The highest BCUT2D eigenvalue weighted by Crippen LogP contribution is 2.42. The van der Waals surface area contributed by atoms with E-state index in [1.54, 1.807) is 0 Å². The molecule has 0 spiro atoms. The summed E-state index contributed by atoms with van der Waals surface area (Å²) in [5, 5.41) is 0. The third-order valence-electron chi connectivity index (χ3n) is 3.34. The Morgan fingerprint density at radius 3 is 1.05 bits per heavy atom. The summed E-state index contributed by atoms with van der Waals surface area (Å²) >= 11 is 0. The zero-order valence-electron chi connectivity index (χ0n) is 12.4. The van der Waals surface area contributed by atoms with Gasteiger partial charge in [-0.15, -0.1) is 0 Å². The summed E-state index contributed by atoms with van der Waals surface area (Å²) in [5.74, 6) is 0. The van der Waals surface area contributed by atoms with E-state index in [1.165, 1.54) is 0 Å². The molecule has 1 aromatic rings. The molecule has 0 radical (unpaired) electrons. The summed E-state index contributed by atoms with van der Waals surface area (Å²) in [4.78, 5) is 18.6. The molecular weight excluding hydrogens is 248 g/mol. The van der Waals surface area contributed by atoms with Crippen LogP contribution in [-0.4, -0.2) is 22.8 Å². The van der Waals surface area contributed by atoms with Crippen molar-refractivity contribution < 1.29 is 0 Å². The predicted octanol–water partition coefficient (Wildman–Crippen LogP) is 4.86. The van der Waals surface area contributed by atoms with Crippen molar-refractivity contribution in [2.75, 3.05) is 0 Å². The van der Waals surface area contributed by atoms with Crippen LogP contribution in [0.15, 0.2) is 32.1 Å². The maximum Gasteiger partial charge on any atom is 0.0908 e. The Morgan fingerprint density at radius 1 is 0.550 bits per heavy atom. The molecule has 0 saturated heterocycles. The second-order valence-electron chi connectivity index (χ2n) is 5.57. The van der Waals surface area contributed by atoms with Gasteiger partial charge in [0.2, 0.25) is 0 Å². The van der Waals surface area contributed by atoms with Crippen LogP contribution in [0.3, 0.4) is 0 Å². The SMILES string of the molecule is CC1=Nc2cc3c(cc2N=C(C)C1)N=C(C)CC(C)=N3. The van der Waals surface area contributed by atoms with E-state index in [0.29, 0.717) is 0 Å². The average Bonchev–Trinajstić information content (AvgIpc) is 2.53. The van der Waals surface area contributed by atoms with Gasteiger partial charge in [0.15, 0.2) is 0 Å². The summed E-state index contributed by atoms with van der Waals surface area (Å²) in [7, 11) is 0. The molecule has 0 fully saturated rings. The quantitative estimate of drug-likeness (QED) is 0.643. The molecule has 0 saturated carbocycles. The first-order valence-electron chi connectivity index (χ1n) is 6.86. The molecule has 102 valence electrons. The molecule has 0 bridgehead atoms. The second-order valence-corrected chi connectivity index (χ2v) is 5.57. The highest BCUT2D eigenvalue weighted by Gasteiger charge is 2.14. The second kappa shape index (κ2) is 4.78. The van der Waals surface area contributed by atoms with Crippen LogP contribution in [-0.2, 0) is 0 Å². The zero-order chi connectivity index (χ0) is 14.3. The van der Waals surface area contributed by atoms with Gasteiger partial charge in [-0.1, -0.05) is 0 Å². The van der Waals surface area contributed by atoms with Crippen molar-refractivity contribution in [3.8, 4) is 0 Å². The van der Waals surface area contributed by atoms with Crippen molar-refractivity contribution in [1.82, 2.24) is 0 Å². The molecule has 0 atom stereocenters. The van der Waals surface area contributed by atoms with Crippen LogP contribution in [0.5, 0.6) is 0 Å². The molecule has 1 aromatic carbocycles. The first kappa shape index (κ1) is 12.9. The molecule has 4 nitrogen and oxygen atoms in total. The topological polar surface area (TPSA) is 49.4 Å². The molecule has 2 heterocycles.